The predicted octanol–water partition coefficient (Wildman–Crippen LogP) is 3.70. The van der Waals surface area contributed by atoms with Gasteiger partial charge in [0.15, 0.2) is 5.65 Å². The number of aromatic nitrogens is 3. The van der Waals surface area contributed by atoms with E-state index in [1.165, 1.54) is 12.1 Å². The van der Waals surface area contributed by atoms with Crippen molar-refractivity contribution in [2.24, 2.45) is 7.05 Å². The quantitative estimate of drug-likeness (QED) is 0.604. The van der Waals surface area contributed by atoms with Gasteiger partial charge in [-0.2, -0.15) is 5.10 Å². The zero-order valence-corrected chi connectivity index (χ0v) is 14.7. The van der Waals surface area contributed by atoms with Gasteiger partial charge in [-0.3, -0.25) is 9.48 Å². The van der Waals surface area contributed by atoms with Gasteiger partial charge in [0, 0.05) is 19.2 Å². The third kappa shape index (κ3) is 3.42. The Morgan fingerprint density at radius 2 is 1.93 bits per heavy atom. The first-order valence-corrected chi connectivity index (χ1v) is 8.52. The summed E-state index contributed by atoms with van der Waals surface area (Å²) in [7, 11) is 1.79. The lowest BCUT2D eigenvalue weighted by atomic mass is 10.1. The molecule has 4 rings (SSSR count). The predicted molar refractivity (Wildman–Crippen MR) is 102 cm³/mol. The highest BCUT2D eigenvalue weighted by molar-refractivity contribution is 6.06. The number of aryl methyl sites for hydroxylation is 1. The summed E-state index contributed by atoms with van der Waals surface area (Å²) in [6.45, 7) is 0.237. The molecule has 4 aromatic rings. The van der Waals surface area contributed by atoms with Crippen LogP contribution >= 0.6 is 0 Å². The van der Waals surface area contributed by atoms with E-state index in [9.17, 15) is 9.18 Å². The van der Waals surface area contributed by atoms with Crippen molar-refractivity contribution in [3.63, 3.8) is 0 Å². The molecule has 0 unspecified atom stereocenters. The molecule has 2 aromatic carbocycles. The Bertz CT molecular complexity index is 1120. The van der Waals surface area contributed by atoms with Crippen LogP contribution in [0.1, 0.15) is 15.9 Å². The minimum absolute atomic E-state index is 0.237. The zero-order chi connectivity index (χ0) is 18.8. The van der Waals surface area contributed by atoms with Crippen molar-refractivity contribution >= 4 is 16.9 Å². The van der Waals surface area contributed by atoms with Gasteiger partial charge in [0.2, 0.25) is 0 Å². The number of rotatable bonds is 4. The van der Waals surface area contributed by atoms with Crippen LogP contribution in [0.15, 0.2) is 66.9 Å². The first kappa shape index (κ1) is 16.9. The highest BCUT2D eigenvalue weighted by Gasteiger charge is 2.16. The molecule has 0 spiro atoms. The van der Waals surface area contributed by atoms with Crippen molar-refractivity contribution in [3.05, 3.63) is 83.8 Å². The molecule has 0 saturated heterocycles. The molecule has 6 heteroatoms. The highest BCUT2D eigenvalue weighted by atomic mass is 19.1. The molecule has 0 fully saturated rings. The zero-order valence-electron chi connectivity index (χ0n) is 14.7. The molecule has 134 valence electrons. The van der Waals surface area contributed by atoms with Crippen LogP contribution in [0.25, 0.3) is 22.3 Å². The van der Waals surface area contributed by atoms with Gasteiger partial charge in [-0.25, -0.2) is 9.37 Å². The standard InChI is InChI=1S/C21H17FN4O/c1-26-20-18(13-24-26)17(11-19(25-20)15-7-3-2-4-8-15)21(27)23-12-14-6-5-9-16(22)10-14/h2-11,13H,12H2,1H3,(H,23,27). The second-order valence-electron chi connectivity index (χ2n) is 6.24. The molecule has 2 aromatic heterocycles. The fourth-order valence-corrected chi connectivity index (χ4v) is 2.98. The van der Waals surface area contributed by atoms with Gasteiger partial charge in [0.05, 0.1) is 22.8 Å². The normalized spacial score (nSPS) is 10.9. The van der Waals surface area contributed by atoms with Crippen LogP contribution < -0.4 is 5.32 Å². The maximum atomic E-state index is 13.3. The van der Waals surface area contributed by atoms with Crippen molar-refractivity contribution in [2.45, 2.75) is 6.54 Å². The van der Waals surface area contributed by atoms with Crippen molar-refractivity contribution in [1.29, 1.82) is 0 Å². The number of hydrogen-bond acceptors (Lipinski definition) is 3. The van der Waals surface area contributed by atoms with E-state index in [0.29, 0.717) is 27.9 Å². The van der Waals surface area contributed by atoms with Crippen molar-refractivity contribution in [1.82, 2.24) is 20.1 Å². The lowest BCUT2D eigenvalue weighted by Gasteiger charge is -2.09. The fourth-order valence-electron chi connectivity index (χ4n) is 2.98. The van der Waals surface area contributed by atoms with E-state index in [1.807, 2.05) is 30.3 Å². The van der Waals surface area contributed by atoms with Gasteiger partial charge >= 0.3 is 0 Å². The number of benzene rings is 2. The van der Waals surface area contributed by atoms with Gasteiger partial charge in [0.1, 0.15) is 5.82 Å². The molecule has 2 heterocycles. The topological polar surface area (TPSA) is 59.8 Å². The summed E-state index contributed by atoms with van der Waals surface area (Å²) in [5, 5.41) is 7.76. The number of carbonyl (C=O) groups is 1. The molecule has 27 heavy (non-hydrogen) atoms. The van der Waals surface area contributed by atoms with Gasteiger partial charge in [-0.05, 0) is 23.8 Å². The lowest BCUT2D eigenvalue weighted by molar-refractivity contribution is 0.0952. The Morgan fingerprint density at radius 3 is 2.70 bits per heavy atom. The van der Waals surface area contributed by atoms with Crippen LogP contribution in [0.3, 0.4) is 0 Å². The Hall–Kier alpha value is -3.54. The monoisotopic (exact) mass is 360 g/mol. The molecule has 0 aliphatic heterocycles. The molecular formula is C21H17FN4O. The molecular weight excluding hydrogens is 343 g/mol. The SMILES string of the molecule is Cn1ncc2c(C(=O)NCc3cccc(F)c3)cc(-c3ccccc3)nc21. The Balaban J connectivity index is 1.70. The summed E-state index contributed by atoms with van der Waals surface area (Å²) in [6.07, 6.45) is 1.63. The number of fused-ring (bicyclic) bond motifs is 1. The summed E-state index contributed by atoms with van der Waals surface area (Å²) in [6, 6.07) is 17.6. The van der Waals surface area contributed by atoms with E-state index < -0.39 is 0 Å². The van der Waals surface area contributed by atoms with Crippen LogP contribution in [0, 0.1) is 5.82 Å². The number of amides is 1. The third-order valence-corrected chi connectivity index (χ3v) is 4.36. The number of halogens is 1. The summed E-state index contributed by atoms with van der Waals surface area (Å²) in [4.78, 5) is 17.5. The largest absolute Gasteiger partial charge is 0.348 e. The maximum absolute atomic E-state index is 13.3. The number of pyridine rings is 1. The molecule has 1 amide bonds. The van der Waals surface area contributed by atoms with E-state index >= 15 is 0 Å². The number of hydrogen-bond donors (Lipinski definition) is 1. The highest BCUT2D eigenvalue weighted by Crippen LogP contribution is 2.24. The van der Waals surface area contributed by atoms with E-state index in [1.54, 1.807) is 36.1 Å². The van der Waals surface area contributed by atoms with Gasteiger partial charge in [-0.1, -0.05) is 42.5 Å². The molecule has 1 N–H and O–H groups in total. The maximum Gasteiger partial charge on any atom is 0.252 e. The number of nitrogens with zero attached hydrogens (tertiary/aromatic N) is 3. The van der Waals surface area contributed by atoms with Crippen molar-refractivity contribution in [2.75, 3.05) is 0 Å². The van der Waals surface area contributed by atoms with Crippen molar-refractivity contribution in [3.8, 4) is 11.3 Å². The molecule has 0 radical (unpaired) electrons. The first-order valence-electron chi connectivity index (χ1n) is 8.52. The lowest BCUT2D eigenvalue weighted by Crippen LogP contribution is -2.23. The summed E-state index contributed by atoms with van der Waals surface area (Å²) in [5.41, 5.74) is 3.43. The smallest absolute Gasteiger partial charge is 0.252 e. The van der Waals surface area contributed by atoms with Gasteiger partial charge in [0.25, 0.3) is 5.91 Å². The van der Waals surface area contributed by atoms with E-state index in [0.717, 1.165) is 5.56 Å². The summed E-state index contributed by atoms with van der Waals surface area (Å²) >= 11 is 0. The Labute approximate surface area is 155 Å². The van der Waals surface area contributed by atoms with E-state index in [4.69, 9.17) is 0 Å². The molecule has 0 aliphatic carbocycles. The fraction of sp³-hybridized carbons (Fsp3) is 0.0952. The van der Waals surface area contributed by atoms with Crippen LogP contribution in [0.4, 0.5) is 4.39 Å². The third-order valence-electron chi connectivity index (χ3n) is 4.36. The number of carbonyl (C=O) groups excluding carboxylic acids is 1. The molecule has 0 bridgehead atoms. The summed E-state index contributed by atoms with van der Waals surface area (Å²) in [5.74, 6) is -0.580. The molecule has 5 nitrogen and oxygen atoms in total. The summed E-state index contributed by atoms with van der Waals surface area (Å²) < 4.78 is 15.0. The molecule has 0 saturated carbocycles. The van der Waals surface area contributed by atoms with Crippen LogP contribution in [-0.2, 0) is 13.6 Å². The van der Waals surface area contributed by atoms with Crippen LogP contribution in [0.5, 0.6) is 0 Å². The van der Waals surface area contributed by atoms with E-state index in [-0.39, 0.29) is 18.3 Å². The van der Waals surface area contributed by atoms with Crippen LogP contribution in [-0.4, -0.2) is 20.7 Å². The minimum atomic E-state index is -0.327. The second-order valence-corrected chi connectivity index (χ2v) is 6.24. The van der Waals surface area contributed by atoms with Gasteiger partial charge < -0.3 is 5.32 Å². The minimum Gasteiger partial charge on any atom is -0.348 e. The molecule has 0 atom stereocenters. The van der Waals surface area contributed by atoms with Crippen molar-refractivity contribution < 1.29 is 9.18 Å². The second kappa shape index (κ2) is 6.99. The van der Waals surface area contributed by atoms with Crippen LogP contribution in [0.2, 0.25) is 0 Å². The average molecular weight is 360 g/mol. The Kier molecular flexibility index (Phi) is 4.38. The number of nitrogens with one attached hydrogen (secondary N) is 1. The van der Waals surface area contributed by atoms with E-state index in [2.05, 4.69) is 15.4 Å². The average Bonchev–Trinajstić information content (AvgIpc) is 3.07. The first-order chi connectivity index (χ1) is 13.1. The molecule has 0 aliphatic rings. The Morgan fingerprint density at radius 1 is 1.11 bits per heavy atom. The van der Waals surface area contributed by atoms with Gasteiger partial charge in [-0.15, -0.1) is 0 Å².